The van der Waals surface area contributed by atoms with Crippen molar-refractivity contribution < 1.29 is 33.1 Å². The van der Waals surface area contributed by atoms with Crippen molar-refractivity contribution in [2.45, 2.75) is 6.42 Å². The van der Waals surface area contributed by atoms with Gasteiger partial charge in [0.05, 0.1) is 33.4 Å². The highest BCUT2D eigenvalue weighted by Gasteiger charge is 2.13. The Morgan fingerprint density at radius 1 is 0.892 bits per heavy atom. The highest BCUT2D eigenvalue weighted by molar-refractivity contribution is 6.04. The molecule has 3 rings (SSSR count). The van der Waals surface area contributed by atoms with E-state index in [-0.39, 0.29) is 17.2 Å². The molecule has 0 saturated heterocycles. The third kappa shape index (κ3) is 6.52. The van der Waals surface area contributed by atoms with E-state index in [9.17, 15) is 19.3 Å². The Labute approximate surface area is 213 Å². The van der Waals surface area contributed by atoms with Crippen LogP contribution >= 0.6 is 0 Å². The monoisotopic (exact) mass is 507 g/mol. The number of nitrogens with zero attached hydrogens (tertiary/aromatic N) is 1. The van der Waals surface area contributed by atoms with Gasteiger partial charge >= 0.3 is 0 Å². The van der Waals surface area contributed by atoms with Crippen molar-refractivity contribution in [2.24, 2.45) is 0 Å². The van der Waals surface area contributed by atoms with Gasteiger partial charge in [-0.25, -0.2) is 4.39 Å². The van der Waals surface area contributed by atoms with Crippen LogP contribution in [0.2, 0.25) is 0 Å². The van der Waals surface area contributed by atoms with Crippen molar-refractivity contribution in [3.63, 3.8) is 0 Å². The fourth-order valence-electron chi connectivity index (χ4n) is 3.62. The van der Waals surface area contributed by atoms with Crippen molar-refractivity contribution in [3.8, 4) is 23.0 Å². The summed E-state index contributed by atoms with van der Waals surface area (Å²) in [6.07, 6.45) is 6.85. The smallest absolute Gasteiger partial charge is 0.269 e. The third-order valence-corrected chi connectivity index (χ3v) is 5.53. The molecule has 0 unspecified atom stereocenters. The van der Waals surface area contributed by atoms with Gasteiger partial charge in [-0.15, -0.1) is 0 Å². The molecule has 0 spiro atoms. The minimum Gasteiger partial charge on any atom is -0.494 e. The normalized spacial score (nSPS) is 11.1. The molecule has 0 radical (unpaired) electrons. The molecule has 3 aromatic rings. The van der Waals surface area contributed by atoms with Crippen molar-refractivity contribution in [1.82, 2.24) is 0 Å². The SMILES string of the molecule is COc1cc(C/C=C\C(=O)c2ccc([N+](=O)[O-])cc2)c(/C=C\c2cc(OC)c(OC)c(OC)c2)cc1F. The molecule has 0 saturated carbocycles. The summed E-state index contributed by atoms with van der Waals surface area (Å²) in [6.45, 7) is 0. The minimum atomic E-state index is -0.529. The van der Waals surface area contributed by atoms with Gasteiger partial charge < -0.3 is 18.9 Å². The fraction of sp³-hybridized carbons (Fsp3) is 0.179. The Morgan fingerprint density at radius 3 is 2.05 bits per heavy atom. The maximum absolute atomic E-state index is 14.5. The maximum Gasteiger partial charge on any atom is 0.269 e. The van der Waals surface area contributed by atoms with Gasteiger partial charge in [0.25, 0.3) is 5.69 Å². The first kappa shape index (κ1) is 26.9. The second-order valence-electron chi connectivity index (χ2n) is 7.75. The number of benzene rings is 3. The van der Waals surface area contributed by atoms with E-state index in [1.807, 2.05) is 0 Å². The number of non-ortho nitro benzene ring substituents is 1. The van der Waals surface area contributed by atoms with Gasteiger partial charge in [-0.2, -0.15) is 0 Å². The number of methoxy groups -OCH3 is 4. The first-order valence-corrected chi connectivity index (χ1v) is 11.1. The van der Waals surface area contributed by atoms with Gasteiger partial charge in [0, 0.05) is 17.7 Å². The number of allylic oxidation sites excluding steroid dienone is 2. The minimum absolute atomic E-state index is 0.0787. The second-order valence-corrected chi connectivity index (χ2v) is 7.75. The summed E-state index contributed by atoms with van der Waals surface area (Å²) in [4.78, 5) is 22.7. The van der Waals surface area contributed by atoms with Gasteiger partial charge in [0.15, 0.2) is 28.8 Å². The van der Waals surface area contributed by atoms with E-state index < -0.39 is 10.7 Å². The van der Waals surface area contributed by atoms with Crippen LogP contribution in [0.1, 0.15) is 27.0 Å². The summed E-state index contributed by atoms with van der Waals surface area (Å²) in [5, 5.41) is 10.8. The summed E-state index contributed by atoms with van der Waals surface area (Å²) in [5.41, 5.74) is 2.26. The number of halogens is 1. The molecule has 8 nitrogen and oxygen atoms in total. The van der Waals surface area contributed by atoms with Crippen LogP contribution in [-0.4, -0.2) is 39.1 Å². The highest BCUT2D eigenvalue weighted by Crippen LogP contribution is 2.38. The summed E-state index contributed by atoms with van der Waals surface area (Å²) >= 11 is 0. The zero-order chi connectivity index (χ0) is 26.9. The molecule has 0 fully saturated rings. The van der Waals surface area contributed by atoms with Gasteiger partial charge in [0.2, 0.25) is 5.75 Å². The molecule has 0 atom stereocenters. The van der Waals surface area contributed by atoms with Crippen LogP contribution < -0.4 is 18.9 Å². The molecule has 0 heterocycles. The predicted octanol–water partition coefficient (Wildman–Crippen LogP) is 5.92. The van der Waals surface area contributed by atoms with E-state index >= 15 is 0 Å². The van der Waals surface area contributed by atoms with Crippen LogP contribution in [-0.2, 0) is 6.42 Å². The van der Waals surface area contributed by atoms with Crippen molar-refractivity contribution in [3.05, 3.63) is 98.9 Å². The summed E-state index contributed by atoms with van der Waals surface area (Å²) in [6, 6.07) is 11.8. The molecule has 0 amide bonds. The molecule has 192 valence electrons. The lowest BCUT2D eigenvalue weighted by Crippen LogP contribution is -1.97. The largest absolute Gasteiger partial charge is 0.494 e. The molecule has 37 heavy (non-hydrogen) atoms. The van der Waals surface area contributed by atoms with Crippen molar-refractivity contribution in [1.29, 1.82) is 0 Å². The van der Waals surface area contributed by atoms with Crippen LogP contribution in [0.25, 0.3) is 12.2 Å². The lowest BCUT2D eigenvalue weighted by molar-refractivity contribution is -0.384. The lowest BCUT2D eigenvalue weighted by Gasteiger charge is -2.13. The number of nitro benzene ring substituents is 1. The number of carbonyl (C=O) groups is 1. The first-order valence-electron chi connectivity index (χ1n) is 11.1. The summed E-state index contributed by atoms with van der Waals surface area (Å²) in [7, 11) is 5.93. The highest BCUT2D eigenvalue weighted by atomic mass is 19.1. The fourth-order valence-corrected chi connectivity index (χ4v) is 3.62. The van der Waals surface area contributed by atoms with Crippen molar-refractivity contribution >= 4 is 23.6 Å². The van der Waals surface area contributed by atoms with E-state index in [2.05, 4.69) is 0 Å². The molecular formula is C28H26FNO7. The lowest BCUT2D eigenvalue weighted by atomic mass is 10.0. The Balaban J connectivity index is 1.88. The number of hydrogen-bond donors (Lipinski definition) is 0. The number of nitro groups is 1. The standard InChI is InChI=1S/C28H26FNO7/c1-34-25-17-20(6-5-7-24(31)19-10-12-22(13-11-19)30(32)33)21(16-23(25)29)9-8-18-14-26(35-2)28(37-4)27(15-18)36-3/h5,7-17H,6H2,1-4H3/b7-5-,9-8-. The molecular weight excluding hydrogens is 481 g/mol. The number of carbonyl (C=O) groups excluding carboxylic acids is 1. The van der Waals surface area contributed by atoms with E-state index in [1.165, 1.54) is 64.8 Å². The van der Waals surface area contributed by atoms with E-state index in [1.54, 1.807) is 36.4 Å². The predicted molar refractivity (Wildman–Crippen MR) is 138 cm³/mol. The number of rotatable bonds is 11. The van der Waals surface area contributed by atoms with Crippen LogP contribution in [0.4, 0.5) is 10.1 Å². The Hall–Kier alpha value is -4.66. The van der Waals surface area contributed by atoms with Crippen LogP contribution in [0, 0.1) is 15.9 Å². The molecule has 9 heteroatoms. The van der Waals surface area contributed by atoms with E-state index in [4.69, 9.17) is 18.9 Å². The molecule has 0 bridgehead atoms. The van der Waals surface area contributed by atoms with Crippen molar-refractivity contribution in [2.75, 3.05) is 28.4 Å². The van der Waals surface area contributed by atoms with Gasteiger partial charge in [0.1, 0.15) is 0 Å². The van der Waals surface area contributed by atoms with Crippen LogP contribution in [0.15, 0.2) is 60.7 Å². The number of ketones is 1. The topological polar surface area (TPSA) is 97.1 Å². The van der Waals surface area contributed by atoms with Crippen LogP contribution in [0.5, 0.6) is 23.0 Å². The number of hydrogen-bond acceptors (Lipinski definition) is 7. The Bertz CT molecular complexity index is 1320. The second kappa shape index (κ2) is 12.3. The molecule has 0 aliphatic rings. The van der Waals surface area contributed by atoms with E-state index in [0.29, 0.717) is 34.8 Å². The first-order chi connectivity index (χ1) is 17.8. The van der Waals surface area contributed by atoms with Gasteiger partial charge in [-0.05, 0) is 65.6 Å². The molecule has 0 aliphatic carbocycles. The van der Waals surface area contributed by atoms with Gasteiger partial charge in [-0.3, -0.25) is 14.9 Å². The molecule has 0 aliphatic heterocycles. The quantitative estimate of drug-likeness (QED) is 0.104. The third-order valence-electron chi connectivity index (χ3n) is 5.53. The van der Waals surface area contributed by atoms with E-state index in [0.717, 1.165) is 11.1 Å². The average Bonchev–Trinajstić information content (AvgIpc) is 2.91. The van der Waals surface area contributed by atoms with Gasteiger partial charge in [-0.1, -0.05) is 18.2 Å². The molecule has 0 aromatic heterocycles. The molecule has 3 aromatic carbocycles. The Kier molecular flexibility index (Phi) is 8.99. The number of ether oxygens (including phenoxy) is 4. The average molecular weight is 508 g/mol. The zero-order valence-corrected chi connectivity index (χ0v) is 20.8. The Morgan fingerprint density at radius 2 is 1.51 bits per heavy atom. The summed E-state index contributed by atoms with van der Waals surface area (Å²) in [5.74, 6) is 0.669. The van der Waals surface area contributed by atoms with Crippen LogP contribution in [0.3, 0.4) is 0 Å². The summed E-state index contributed by atoms with van der Waals surface area (Å²) < 4.78 is 35.8. The maximum atomic E-state index is 14.5. The zero-order valence-electron chi connectivity index (χ0n) is 20.8. The molecule has 0 N–H and O–H groups in total.